The number of nitrogens with zero attached hydrogens (tertiary/aromatic N) is 2. The van der Waals surface area contributed by atoms with Crippen molar-refractivity contribution < 1.29 is 4.74 Å². The Bertz CT molecular complexity index is 791. The van der Waals surface area contributed by atoms with E-state index in [1.165, 1.54) is 52.7 Å². The number of hydrogen-bond donors (Lipinski definition) is 0. The van der Waals surface area contributed by atoms with Gasteiger partial charge >= 0.3 is 0 Å². The molecule has 4 heterocycles. The van der Waals surface area contributed by atoms with Crippen molar-refractivity contribution in [1.29, 1.82) is 0 Å². The second kappa shape index (κ2) is 7.43. The molecule has 3 nitrogen and oxygen atoms in total. The Balaban J connectivity index is 0.00000168. The van der Waals surface area contributed by atoms with Crippen LogP contribution in [0.2, 0.25) is 0 Å². The molecule has 2 aromatic rings. The van der Waals surface area contributed by atoms with Gasteiger partial charge in [-0.2, -0.15) is 0 Å². The molecule has 138 valence electrons. The van der Waals surface area contributed by atoms with Crippen molar-refractivity contribution in [2.75, 3.05) is 31.6 Å². The summed E-state index contributed by atoms with van der Waals surface area (Å²) in [6.45, 7) is 4.40. The summed E-state index contributed by atoms with van der Waals surface area (Å²) in [5, 5.41) is 0. The van der Waals surface area contributed by atoms with Gasteiger partial charge in [0, 0.05) is 23.4 Å². The molecular formula is C21H25ClN2OS. The van der Waals surface area contributed by atoms with Crippen LogP contribution in [-0.4, -0.2) is 37.7 Å². The standard InChI is InChI=1S/C21H24N2OS.ClH/c1-22-17-4-2-3-5-20(17)25-21-12-15(6-7-18(21)22)14-24-19-13-23-10-8-16(19)9-11-23;/h2-7,12,16,19H,8-11,13-14H2,1H3;1H. The molecule has 1 atom stereocenters. The summed E-state index contributed by atoms with van der Waals surface area (Å²) in [6.07, 6.45) is 3.05. The average molecular weight is 389 g/mol. The highest BCUT2D eigenvalue weighted by molar-refractivity contribution is 7.99. The number of ether oxygens (including phenoxy) is 1. The van der Waals surface area contributed by atoms with Gasteiger partial charge in [0.1, 0.15) is 0 Å². The molecule has 0 spiro atoms. The highest BCUT2D eigenvalue weighted by atomic mass is 35.5. The first kappa shape index (κ1) is 18.2. The van der Waals surface area contributed by atoms with Gasteiger partial charge in [-0.3, -0.25) is 0 Å². The zero-order valence-corrected chi connectivity index (χ0v) is 16.7. The lowest BCUT2D eigenvalue weighted by Gasteiger charge is -2.44. The molecule has 26 heavy (non-hydrogen) atoms. The summed E-state index contributed by atoms with van der Waals surface area (Å²) in [4.78, 5) is 7.50. The van der Waals surface area contributed by atoms with E-state index in [2.05, 4.69) is 59.3 Å². The van der Waals surface area contributed by atoms with Crippen molar-refractivity contribution in [1.82, 2.24) is 4.90 Å². The topological polar surface area (TPSA) is 15.7 Å². The van der Waals surface area contributed by atoms with Gasteiger partial charge in [0.15, 0.2) is 0 Å². The molecule has 4 aliphatic rings. The molecule has 0 radical (unpaired) electrons. The molecule has 1 unspecified atom stereocenters. The van der Waals surface area contributed by atoms with Crippen molar-refractivity contribution in [3.05, 3.63) is 48.0 Å². The first-order valence-electron chi connectivity index (χ1n) is 9.25. The quantitative estimate of drug-likeness (QED) is 0.738. The van der Waals surface area contributed by atoms with Gasteiger partial charge in [0.25, 0.3) is 0 Å². The lowest BCUT2D eigenvalue weighted by molar-refractivity contribution is -0.0766. The lowest BCUT2D eigenvalue weighted by atomic mass is 9.86. The number of piperidine rings is 3. The average Bonchev–Trinajstić information content (AvgIpc) is 2.67. The number of hydrogen-bond acceptors (Lipinski definition) is 4. The minimum Gasteiger partial charge on any atom is -0.372 e. The molecular weight excluding hydrogens is 364 g/mol. The fourth-order valence-corrected chi connectivity index (χ4v) is 5.59. The Kier molecular flexibility index (Phi) is 5.20. The van der Waals surface area contributed by atoms with E-state index in [-0.39, 0.29) is 12.4 Å². The minimum absolute atomic E-state index is 0. The van der Waals surface area contributed by atoms with E-state index in [9.17, 15) is 0 Å². The van der Waals surface area contributed by atoms with Crippen molar-refractivity contribution in [3.63, 3.8) is 0 Å². The van der Waals surface area contributed by atoms with E-state index in [0.29, 0.717) is 6.10 Å². The predicted octanol–water partition coefficient (Wildman–Crippen LogP) is 4.95. The Morgan fingerprint density at radius 2 is 1.81 bits per heavy atom. The molecule has 2 bridgehead atoms. The zero-order valence-electron chi connectivity index (χ0n) is 15.1. The zero-order chi connectivity index (χ0) is 16.8. The summed E-state index contributed by atoms with van der Waals surface area (Å²) in [7, 11) is 2.15. The van der Waals surface area contributed by atoms with Crippen molar-refractivity contribution >= 4 is 35.5 Å². The van der Waals surface area contributed by atoms with Crippen LogP contribution in [0.5, 0.6) is 0 Å². The maximum absolute atomic E-state index is 6.33. The third-order valence-corrected chi connectivity index (χ3v) is 7.00. The molecule has 0 saturated carbocycles. The van der Waals surface area contributed by atoms with Gasteiger partial charge in [0.2, 0.25) is 0 Å². The first-order chi connectivity index (χ1) is 12.3. The van der Waals surface area contributed by atoms with Gasteiger partial charge in [-0.25, -0.2) is 0 Å². The molecule has 0 amide bonds. The second-order valence-corrected chi connectivity index (χ2v) is 8.50. The Morgan fingerprint density at radius 3 is 2.58 bits per heavy atom. The second-order valence-electron chi connectivity index (χ2n) is 7.42. The number of rotatable bonds is 3. The SMILES string of the molecule is CN1c2ccccc2Sc2cc(COC3CN4CCC3CC4)ccc21.Cl. The molecule has 0 aliphatic carbocycles. The van der Waals surface area contributed by atoms with E-state index in [0.717, 1.165) is 19.1 Å². The van der Waals surface area contributed by atoms with Gasteiger partial charge in [-0.1, -0.05) is 30.0 Å². The molecule has 2 aromatic carbocycles. The van der Waals surface area contributed by atoms with Crippen LogP contribution < -0.4 is 4.90 Å². The largest absolute Gasteiger partial charge is 0.372 e. The number of benzene rings is 2. The van der Waals surface area contributed by atoms with E-state index in [1.807, 2.05) is 11.8 Å². The van der Waals surface area contributed by atoms with Crippen molar-refractivity contribution in [2.45, 2.75) is 35.3 Å². The van der Waals surface area contributed by atoms with Crippen molar-refractivity contribution in [3.8, 4) is 0 Å². The third-order valence-electron chi connectivity index (χ3n) is 5.89. The normalized spacial score (nSPS) is 26.0. The Labute approximate surface area is 166 Å². The first-order valence-corrected chi connectivity index (χ1v) is 10.1. The van der Waals surface area contributed by atoms with Gasteiger partial charge in [-0.05, 0) is 61.7 Å². The highest BCUT2D eigenvalue weighted by Crippen LogP contribution is 2.47. The Hall–Kier alpha value is -1.20. The van der Waals surface area contributed by atoms with Crippen LogP contribution in [0.25, 0.3) is 0 Å². The fourth-order valence-electron chi connectivity index (χ4n) is 4.38. The van der Waals surface area contributed by atoms with E-state index in [1.54, 1.807) is 0 Å². The summed E-state index contributed by atoms with van der Waals surface area (Å²) in [5.74, 6) is 0.773. The van der Waals surface area contributed by atoms with Crippen molar-refractivity contribution in [2.24, 2.45) is 5.92 Å². The van der Waals surface area contributed by atoms with Crippen LogP contribution >= 0.6 is 24.2 Å². The van der Waals surface area contributed by atoms with E-state index >= 15 is 0 Å². The van der Waals surface area contributed by atoms with Crippen LogP contribution in [0.15, 0.2) is 52.3 Å². The smallest absolute Gasteiger partial charge is 0.0735 e. The highest BCUT2D eigenvalue weighted by Gasteiger charge is 2.34. The third kappa shape index (κ3) is 3.24. The van der Waals surface area contributed by atoms with Crippen LogP contribution in [0.1, 0.15) is 18.4 Å². The molecule has 4 aliphatic heterocycles. The molecule has 3 saturated heterocycles. The molecule has 6 rings (SSSR count). The minimum atomic E-state index is 0. The maximum atomic E-state index is 6.33. The van der Waals surface area contributed by atoms with Crippen LogP contribution in [0.3, 0.4) is 0 Å². The van der Waals surface area contributed by atoms with Crippen LogP contribution in [0.4, 0.5) is 11.4 Å². The lowest BCUT2D eigenvalue weighted by Crippen LogP contribution is -2.51. The molecule has 0 aromatic heterocycles. The van der Waals surface area contributed by atoms with Crippen LogP contribution in [0, 0.1) is 5.92 Å². The van der Waals surface area contributed by atoms with Gasteiger partial charge < -0.3 is 14.5 Å². The predicted molar refractivity (Wildman–Crippen MR) is 110 cm³/mol. The molecule has 5 heteroatoms. The van der Waals surface area contributed by atoms with Gasteiger partial charge in [-0.15, -0.1) is 12.4 Å². The van der Waals surface area contributed by atoms with Crippen LogP contribution in [-0.2, 0) is 11.3 Å². The summed E-state index contributed by atoms with van der Waals surface area (Å²) in [5.41, 5.74) is 3.86. The maximum Gasteiger partial charge on any atom is 0.0735 e. The Morgan fingerprint density at radius 1 is 1.04 bits per heavy atom. The number of para-hydroxylation sites is 1. The number of fused-ring (bicyclic) bond motifs is 5. The monoisotopic (exact) mass is 388 g/mol. The molecule has 3 fully saturated rings. The number of anilines is 2. The fraction of sp³-hybridized carbons (Fsp3) is 0.429. The van der Waals surface area contributed by atoms with E-state index in [4.69, 9.17) is 4.74 Å². The molecule has 0 N–H and O–H groups in total. The van der Waals surface area contributed by atoms with Gasteiger partial charge in [0.05, 0.1) is 24.1 Å². The summed E-state index contributed by atoms with van der Waals surface area (Å²) in [6, 6.07) is 15.4. The van der Waals surface area contributed by atoms with E-state index < -0.39 is 0 Å². The summed E-state index contributed by atoms with van der Waals surface area (Å²) < 4.78 is 6.33. The summed E-state index contributed by atoms with van der Waals surface area (Å²) >= 11 is 1.87. The number of halogens is 1.